The number of aromatic nitrogens is 2. The predicted molar refractivity (Wildman–Crippen MR) is 101 cm³/mol. The van der Waals surface area contributed by atoms with Gasteiger partial charge in [0.2, 0.25) is 0 Å². The Morgan fingerprint density at radius 3 is 3.00 bits per heavy atom. The first-order valence-corrected chi connectivity index (χ1v) is 10.1. The Morgan fingerprint density at radius 1 is 1.52 bits per heavy atom. The van der Waals surface area contributed by atoms with Crippen LogP contribution in [-0.4, -0.2) is 70.1 Å². The molecule has 1 unspecified atom stereocenters. The summed E-state index contributed by atoms with van der Waals surface area (Å²) in [6.07, 6.45) is 1.45. The second kappa shape index (κ2) is 8.42. The van der Waals surface area contributed by atoms with Gasteiger partial charge in [-0.1, -0.05) is 30.3 Å². The number of halogens is 1. The number of rotatable bonds is 5. The second-order valence-corrected chi connectivity index (χ2v) is 7.45. The highest BCUT2D eigenvalue weighted by molar-refractivity contribution is 8.14. The van der Waals surface area contributed by atoms with Crippen LogP contribution in [0.25, 0.3) is 0 Å². The Morgan fingerprint density at radius 2 is 2.36 bits per heavy atom. The lowest BCUT2D eigenvalue weighted by Gasteiger charge is -2.39. The van der Waals surface area contributed by atoms with Gasteiger partial charge in [-0.15, -0.1) is 0 Å². The minimum absolute atomic E-state index is 0.0512. The van der Waals surface area contributed by atoms with E-state index in [1.54, 1.807) is 11.8 Å². The van der Waals surface area contributed by atoms with Gasteiger partial charge in [0.1, 0.15) is 0 Å². The summed E-state index contributed by atoms with van der Waals surface area (Å²) in [4.78, 5) is 26.4. The highest BCUT2D eigenvalue weighted by Crippen LogP contribution is 2.22. The smallest absolute Gasteiger partial charge is 0.287 e. The number of nitrogens with one attached hydrogen (secondary N) is 2. The van der Waals surface area contributed by atoms with Gasteiger partial charge in [-0.25, -0.2) is 4.98 Å². The van der Waals surface area contributed by atoms with E-state index in [0.29, 0.717) is 18.2 Å². The number of hydrogen-bond acceptors (Lipinski definition) is 6. The molecule has 3 heterocycles. The third-order valence-corrected chi connectivity index (χ3v) is 5.74. The number of amidine groups is 1. The largest absolute Gasteiger partial charge is 0.375 e. The number of piperidine rings is 1. The molecule has 1 saturated heterocycles. The fraction of sp³-hybridized carbons (Fsp3) is 0.688. The van der Waals surface area contributed by atoms with Gasteiger partial charge in [0.25, 0.3) is 5.91 Å². The van der Waals surface area contributed by atoms with Crippen LogP contribution in [0.1, 0.15) is 36.6 Å². The molecule has 2 atom stereocenters. The molecule has 0 bridgehead atoms. The van der Waals surface area contributed by atoms with E-state index in [1.165, 1.54) is 0 Å². The van der Waals surface area contributed by atoms with Crippen molar-refractivity contribution in [1.82, 2.24) is 20.2 Å². The number of aromatic amines is 1. The summed E-state index contributed by atoms with van der Waals surface area (Å²) in [5, 5.41) is 4.51. The van der Waals surface area contributed by atoms with Crippen LogP contribution in [0, 0.1) is 0 Å². The standard InChI is InChI=1S/C16H24ClN5O2S/c1-3-10-13(17)21-14(19-10)15(23)20-11-5-7-22(9-12(11)24-4-2)16-18-6-8-25-16/h11-12H,3-9H2,1-2H3,(H,19,21)(H,20,23)/t11?,12-/m0/s1. The number of hydrogen-bond donors (Lipinski definition) is 2. The number of H-pyrrole nitrogens is 1. The molecular formula is C16H24ClN5O2S. The second-order valence-electron chi connectivity index (χ2n) is 6.03. The van der Waals surface area contributed by atoms with E-state index in [-0.39, 0.29) is 23.9 Å². The van der Waals surface area contributed by atoms with E-state index in [2.05, 4.69) is 25.2 Å². The van der Waals surface area contributed by atoms with Crippen molar-refractivity contribution < 1.29 is 9.53 Å². The zero-order valence-electron chi connectivity index (χ0n) is 14.5. The van der Waals surface area contributed by atoms with Crippen LogP contribution in [-0.2, 0) is 11.2 Å². The summed E-state index contributed by atoms with van der Waals surface area (Å²) >= 11 is 7.82. The summed E-state index contributed by atoms with van der Waals surface area (Å²) in [6, 6.07) is -0.0512. The molecule has 0 spiro atoms. The van der Waals surface area contributed by atoms with Crippen molar-refractivity contribution in [1.29, 1.82) is 0 Å². The third-order valence-electron chi connectivity index (χ3n) is 4.39. The number of carbonyl (C=O) groups is 1. The van der Waals surface area contributed by atoms with Gasteiger partial charge in [-0.05, 0) is 19.8 Å². The fourth-order valence-corrected chi connectivity index (χ4v) is 4.28. The van der Waals surface area contributed by atoms with Crippen LogP contribution >= 0.6 is 23.4 Å². The van der Waals surface area contributed by atoms with Crippen LogP contribution in [0.5, 0.6) is 0 Å². The molecule has 2 N–H and O–H groups in total. The first-order chi connectivity index (χ1) is 12.1. The molecule has 2 aliphatic rings. The van der Waals surface area contributed by atoms with Crippen LogP contribution in [0.4, 0.5) is 0 Å². The van der Waals surface area contributed by atoms with Crippen LogP contribution in [0.3, 0.4) is 0 Å². The number of imidazole rings is 1. The average molecular weight is 386 g/mol. The van der Waals surface area contributed by atoms with Crippen molar-refractivity contribution in [2.24, 2.45) is 4.99 Å². The molecule has 1 aromatic heterocycles. The van der Waals surface area contributed by atoms with Gasteiger partial charge in [-0.2, -0.15) is 0 Å². The average Bonchev–Trinajstić information content (AvgIpc) is 3.26. The number of likely N-dealkylation sites (tertiary alicyclic amines) is 1. The molecule has 3 rings (SSSR count). The van der Waals surface area contributed by atoms with Crippen LogP contribution < -0.4 is 5.32 Å². The highest BCUT2D eigenvalue weighted by Gasteiger charge is 2.33. The van der Waals surface area contributed by atoms with E-state index in [1.807, 2.05) is 13.8 Å². The molecule has 138 valence electrons. The van der Waals surface area contributed by atoms with Gasteiger partial charge >= 0.3 is 0 Å². The summed E-state index contributed by atoms with van der Waals surface area (Å²) < 4.78 is 5.89. The van der Waals surface area contributed by atoms with Gasteiger partial charge < -0.3 is 19.9 Å². The molecule has 1 fully saturated rings. The highest BCUT2D eigenvalue weighted by atomic mass is 35.5. The number of carbonyl (C=O) groups excluding carboxylic acids is 1. The molecule has 0 aromatic carbocycles. The number of amides is 1. The molecule has 7 nitrogen and oxygen atoms in total. The third kappa shape index (κ3) is 4.30. The fourth-order valence-electron chi connectivity index (χ4n) is 3.12. The maximum Gasteiger partial charge on any atom is 0.287 e. The molecule has 2 aliphatic heterocycles. The summed E-state index contributed by atoms with van der Waals surface area (Å²) in [6.45, 7) is 7.03. The summed E-state index contributed by atoms with van der Waals surface area (Å²) in [5.41, 5.74) is 0.777. The van der Waals surface area contributed by atoms with Gasteiger partial charge in [0.05, 0.1) is 24.4 Å². The Bertz CT molecular complexity index is 650. The minimum Gasteiger partial charge on any atom is -0.375 e. The lowest BCUT2D eigenvalue weighted by atomic mass is 10.0. The summed E-state index contributed by atoms with van der Waals surface area (Å²) in [5.74, 6) is 1.07. The van der Waals surface area contributed by atoms with Crippen molar-refractivity contribution in [3.8, 4) is 0 Å². The first-order valence-electron chi connectivity index (χ1n) is 8.71. The lowest BCUT2D eigenvalue weighted by Crippen LogP contribution is -2.56. The van der Waals surface area contributed by atoms with Crippen molar-refractivity contribution >= 4 is 34.4 Å². The molecule has 25 heavy (non-hydrogen) atoms. The molecule has 0 radical (unpaired) electrons. The molecule has 1 amide bonds. The Balaban J connectivity index is 1.64. The first kappa shape index (κ1) is 18.5. The number of aliphatic imine (C=N–C) groups is 1. The van der Waals surface area contributed by atoms with Gasteiger partial charge in [0, 0.05) is 25.4 Å². The topological polar surface area (TPSA) is 82.6 Å². The van der Waals surface area contributed by atoms with Gasteiger partial charge in [0.15, 0.2) is 16.1 Å². The monoisotopic (exact) mass is 385 g/mol. The molecular weight excluding hydrogens is 362 g/mol. The molecule has 9 heteroatoms. The zero-order valence-corrected chi connectivity index (χ0v) is 16.1. The molecule has 1 aromatic rings. The normalized spacial score (nSPS) is 23.6. The van der Waals surface area contributed by atoms with Crippen molar-refractivity contribution in [3.05, 3.63) is 16.7 Å². The number of thioether (sulfide) groups is 1. The van der Waals surface area contributed by atoms with Crippen molar-refractivity contribution in [2.45, 2.75) is 38.8 Å². The van der Waals surface area contributed by atoms with Crippen LogP contribution in [0.2, 0.25) is 5.15 Å². The van der Waals surface area contributed by atoms with Crippen molar-refractivity contribution in [3.63, 3.8) is 0 Å². The van der Waals surface area contributed by atoms with E-state index in [9.17, 15) is 4.79 Å². The summed E-state index contributed by atoms with van der Waals surface area (Å²) in [7, 11) is 0. The van der Waals surface area contributed by atoms with E-state index < -0.39 is 0 Å². The molecule has 0 aliphatic carbocycles. The Labute approximate surface area is 156 Å². The Hall–Kier alpha value is -1.25. The van der Waals surface area contributed by atoms with E-state index in [0.717, 1.165) is 42.7 Å². The Kier molecular flexibility index (Phi) is 6.24. The van der Waals surface area contributed by atoms with E-state index in [4.69, 9.17) is 16.3 Å². The SMILES string of the molecule is CCO[C@H]1CN(C2=NCCS2)CCC1NC(=O)c1nc(Cl)c(CC)[nH]1. The van der Waals surface area contributed by atoms with Crippen LogP contribution in [0.15, 0.2) is 4.99 Å². The van der Waals surface area contributed by atoms with Crippen molar-refractivity contribution in [2.75, 3.05) is 32.0 Å². The minimum atomic E-state index is -0.239. The van der Waals surface area contributed by atoms with E-state index >= 15 is 0 Å². The number of ether oxygens (including phenoxy) is 1. The lowest BCUT2D eigenvalue weighted by molar-refractivity contribution is 0.000902. The maximum atomic E-state index is 12.5. The molecule has 0 saturated carbocycles. The quantitative estimate of drug-likeness (QED) is 0.809. The number of aryl methyl sites for hydroxylation is 1. The maximum absolute atomic E-state index is 12.5. The zero-order chi connectivity index (χ0) is 17.8. The van der Waals surface area contributed by atoms with Gasteiger partial charge in [-0.3, -0.25) is 9.79 Å². The number of nitrogens with zero attached hydrogens (tertiary/aromatic N) is 3. The predicted octanol–water partition coefficient (Wildman–Crippen LogP) is 1.94.